The molecule has 0 radical (unpaired) electrons. The minimum absolute atomic E-state index is 0.301. The van der Waals surface area contributed by atoms with Gasteiger partial charge in [0.05, 0.1) is 0 Å². The van der Waals surface area contributed by atoms with Crippen LogP contribution in [0.15, 0.2) is 0 Å². The molecule has 1 aliphatic carbocycles. The predicted octanol–water partition coefficient (Wildman–Crippen LogP) is 1.61. The molecule has 1 aliphatic rings. The van der Waals surface area contributed by atoms with Crippen molar-refractivity contribution in [3.05, 3.63) is 0 Å². The molecule has 2 N–H and O–H groups in total. The molecule has 0 bridgehead atoms. The molecule has 0 amide bonds. The van der Waals surface area contributed by atoms with Gasteiger partial charge in [0.1, 0.15) is 0 Å². The standard InChI is InChI=1S/C13H28N2O/c1-15(13-7-3-2-4-8-13)11-5-9-14-10-6-12-16/h13-14,16H,2-12H2,1H3. The maximum Gasteiger partial charge on any atom is 0.0443 e. The van der Waals surface area contributed by atoms with E-state index in [-0.39, 0.29) is 0 Å². The molecule has 1 saturated carbocycles. The van der Waals surface area contributed by atoms with Crippen LogP contribution in [0.5, 0.6) is 0 Å². The van der Waals surface area contributed by atoms with Crippen LogP contribution in [0.25, 0.3) is 0 Å². The van der Waals surface area contributed by atoms with Gasteiger partial charge >= 0.3 is 0 Å². The van der Waals surface area contributed by atoms with Crippen molar-refractivity contribution >= 4 is 0 Å². The second kappa shape index (κ2) is 8.97. The van der Waals surface area contributed by atoms with Crippen LogP contribution in [0.1, 0.15) is 44.9 Å². The summed E-state index contributed by atoms with van der Waals surface area (Å²) in [5.74, 6) is 0. The molecule has 0 atom stereocenters. The normalized spacial score (nSPS) is 18.2. The van der Waals surface area contributed by atoms with Crippen LogP contribution < -0.4 is 5.32 Å². The third-order valence-electron chi connectivity index (χ3n) is 3.57. The van der Waals surface area contributed by atoms with E-state index in [0.29, 0.717) is 6.61 Å². The minimum atomic E-state index is 0.301. The fourth-order valence-corrected chi connectivity index (χ4v) is 2.49. The lowest BCUT2D eigenvalue weighted by molar-refractivity contribution is 0.189. The summed E-state index contributed by atoms with van der Waals surface area (Å²) in [7, 11) is 2.27. The van der Waals surface area contributed by atoms with Gasteiger partial charge in [0.25, 0.3) is 0 Å². The predicted molar refractivity (Wildman–Crippen MR) is 68.7 cm³/mol. The summed E-state index contributed by atoms with van der Waals surface area (Å²) in [5, 5.41) is 12.0. The molecule has 16 heavy (non-hydrogen) atoms. The van der Waals surface area contributed by atoms with Gasteiger partial charge in [0, 0.05) is 12.6 Å². The lowest BCUT2D eigenvalue weighted by Crippen LogP contribution is -2.35. The molecule has 3 heteroatoms. The van der Waals surface area contributed by atoms with Crippen LogP contribution in [0, 0.1) is 0 Å². The second-order valence-corrected chi connectivity index (χ2v) is 4.95. The molecule has 0 aliphatic heterocycles. The summed E-state index contributed by atoms with van der Waals surface area (Å²) in [6.45, 7) is 3.53. The van der Waals surface area contributed by atoms with Gasteiger partial charge in [-0.1, -0.05) is 19.3 Å². The lowest BCUT2D eigenvalue weighted by Gasteiger charge is -2.31. The van der Waals surface area contributed by atoms with Crippen LogP contribution in [-0.2, 0) is 0 Å². The maximum atomic E-state index is 8.63. The van der Waals surface area contributed by atoms with Crippen molar-refractivity contribution in [1.29, 1.82) is 0 Å². The van der Waals surface area contributed by atoms with Crippen molar-refractivity contribution in [2.75, 3.05) is 33.3 Å². The third kappa shape index (κ3) is 5.83. The Labute approximate surface area is 100 Å². The molecule has 0 spiro atoms. The zero-order valence-electron chi connectivity index (χ0n) is 10.7. The zero-order chi connectivity index (χ0) is 11.6. The summed E-state index contributed by atoms with van der Waals surface area (Å²) < 4.78 is 0. The number of aliphatic hydroxyl groups excluding tert-OH is 1. The number of hydrogen-bond donors (Lipinski definition) is 2. The molecule has 96 valence electrons. The molecular weight excluding hydrogens is 200 g/mol. The van der Waals surface area contributed by atoms with Gasteiger partial charge < -0.3 is 15.3 Å². The molecular formula is C13H28N2O. The third-order valence-corrected chi connectivity index (χ3v) is 3.57. The average Bonchev–Trinajstić information content (AvgIpc) is 2.34. The van der Waals surface area contributed by atoms with Crippen LogP contribution in [-0.4, -0.2) is 49.3 Å². The summed E-state index contributed by atoms with van der Waals surface area (Å²) in [6, 6.07) is 0.839. The Hall–Kier alpha value is -0.120. The summed E-state index contributed by atoms with van der Waals surface area (Å²) in [4.78, 5) is 2.53. The molecule has 0 unspecified atom stereocenters. The highest BCUT2D eigenvalue weighted by Gasteiger charge is 2.16. The first-order valence-electron chi connectivity index (χ1n) is 6.86. The van der Waals surface area contributed by atoms with Crippen molar-refractivity contribution in [3.63, 3.8) is 0 Å². The van der Waals surface area contributed by atoms with Gasteiger partial charge in [-0.3, -0.25) is 0 Å². The van der Waals surface area contributed by atoms with E-state index < -0.39 is 0 Å². The highest BCUT2D eigenvalue weighted by atomic mass is 16.3. The van der Waals surface area contributed by atoms with Gasteiger partial charge in [-0.05, 0) is 52.4 Å². The van der Waals surface area contributed by atoms with E-state index in [1.54, 1.807) is 0 Å². The molecule has 0 aromatic rings. The zero-order valence-corrected chi connectivity index (χ0v) is 10.7. The van der Waals surface area contributed by atoms with Crippen LogP contribution in [0.3, 0.4) is 0 Å². The van der Waals surface area contributed by atoms with E-state index in [2.05, 4.69) is 17.3 Å². The molecule has 0 saturated heterocycles. The number of nitrogens with one attached hydrogen (secondary N) is 1. The van der Waals surface area contributed by atoms with Crippen LogP contribution in [0.2, 0.25) is 0 Å². The molecule has 0 heterocycles. The van der Waals surface area contributed by atoms with Crippen LogP contribution >= 0.6 is 0 Å². The number of nitrogens with zero attached hydrogens (tertiary/aromatic N) is 1. The Balaban J connectivity index is 1.94. The first-order chi connectivity index (χ1) is 7.84. The Morgan fingerprint density at radius 1 is 1.12 bits per heavy atom. The van der Waals surface area contributed by atoms with Gasteiger partial charge in [-0.2, -0.15) is 0 Å². The maximum absolute atomic E-state index is 8.63. The molecule has 3 nitrogen and oxygen atoms in total. The highest BCUT2D eigenvalue weighted by molar-refractivity contribution is 4.73. The van der Waals surface area contributed by atoms with Crippen molar-refractivity contribution < 1.29 is 5.11 Å². The van der Waals surface area contributed by atoms with Crippen molar-refractivity contribution in [1.82, 2.24) is 10.2 Å². The fraction of sp³-hybridized carbons (Fsp3) is 1.00. The van der Waals surface area contributed by atoms with E-state index in [4.69, 9.17) is 5.11 Å². The smallest absolute Gasteiger partial charge is 0.0443 e. The van der Waals surface area contributed by atoms with E-state index >= 15 is 0 Å². The van der Waals surface area contributed by atoms with Gasteiger partial charge in [-0.15, -0.1) is 0 Å². The summed E-state index contributed by atoms with van der Waals surface area (Å²) >= 11 is 0. The first-order valence-corrected chi connectivity index (χ1v) is 6.86. The van der Waals surface area contributed by atoms with E-state index in [0.717, 1.165) is 25.6 Å². The Morgan fingerprint density at radius 2 is 1.81 bits per heavy atom. The fourth-order valence-electron chi connectivity index (χ4n) is 2.49. The quantitative estimate of drug-likeness (QED) is 0.620. The van der Waals surface area contributed by atoms with Gasteiger partial charge in [-0.25, -0.2) is 0 Å². The Bertz CT molecular complexity index is 158. The van der Waals surface area contributed by atoms with Crippen LogP contribution in [0.4, 0.5) is 0 Å². The Kier molecular flexibility index (Phi) is 7.81. The van der Waals surface area contributed by atoms with Gasteiger partial charge in [0.2, 0.25) is 0 Å². The van der Waals surface area contributed by atoms with E-state index in [1.165, 1.54) is 45.1 Å². The number of hydrogen-bond acceptors (Lipinski definition) is 3. The molecule has 0 aromatic heterocycles. The van der Waals surface area contributed by atoms with Gasteiger partial charge in [0.15, 0.2) is 0 Å². The molecule has 0 aromatic carbocycles. The first kappa shape index (κ1) is 13.9. The number of rotatable bonds is 8. The SMILES string of the molecule is CN(CCCNCCCO)C1CCCCC1. The topological polar surface area (TPSA) is 35.5 Å². The molecule has 1 rings (SSSR count). The summed E-state index contributed by atoms with van der Waals surface area (Å²) in [6.07, 6.45) is 9.17. The lowest BCUT2D eigenvalue weighted by atomic mass is 9.94. The van der Waals surface area contributed by atoms with Crippen molar-refractivity contribution in [2.45, 2.75) is 51.0 Å². The monoisotopic (exact) mass is 228 g/mol. The average molecular weight is 228 g/mol. The van der Waals surface area contributed by atoms with E-state index in [9.17, 15) is 0 Å². The number of aliphatic hydroxyl groups is 1. The van der Waals surface area contributed by atoms with E-state index in [1.807, 2.05) is 0 Å². The minimum Gasteiger partial charge on any atom is -0.396 e. The summed E-state index contributed by atoms with van der Waals surface area (Å²) in [5.41, 5.74) is 0. The Morgan fingerprint density at radius 3 is 2.50 bits per heavy atom. The molecule has 1 fully saturated rings. The van der Waals surface area contributed by atoms with Crippen molar-refractivity contribution in [3.8, 4) is 0 Å². The second-order valence-electron chi connectivity index (χ2n) is 4.95. The highest BCUT2D eigenvalue weighted by Crippen LogP contribution is 2.21. The van der Waals surface area contributed by atoms with Crippen molar-refractivity contribution in [2.24, 2.45) is 0 Å². The largest absolute Gasteiger partial charge is 0.396 e.